The van der Waals surface area contributed by atoms with Gasteiger partial charge in [-0.1, -0.05) is 159 Å². The number of unbranched alkanes of at least 4 members (excludes halogenated alkanes) is 2. The predicted molar refractivity (Wildman–Crippen MR) is 578 cm³/mol. The van der Waals surface area contributed by atoms with E-state index in [0.717, 1.165) is 214 Å². The van der Waals surface area contributed by atoms with Crippen LogP contribution in [-0.4, -0.2) is 167 Å². The molecular weight excluding hydrogens is 2110 g/mol. The van der Waals surface area contributed by atoms with E-state index >= 15 is 0 Å². The molecule has 0 unspecified atom stereocenters. The van der Waals surface area contributed by atoms with E-state index in [1.807, 2.05) is 174 Å². The fourth-order valence-electron chi connectivity index (χ4n) is 18.2. The Morgan fingerprint density at radius 2 is 0.800 bits per heavy atom. The van der Waals surface area contributed by atoms with Gasteiger partial charge in [0.15, 0.2) is 28.2 Å². The lowest BCUT2D eigenvalue weighted by molar-refractivity contribution is -0.140. The van der Waals surface area contributed by atoms with Crippen molar-refractivity contribution < 1.29 is 46.3 Å². The van der Waals surface area contributed by atoms with Gasteiger partial charge in [0.05, 0.1) is 61.5 Å². The smallest absolute Gasteiger partial charge is 0.419 e. The highest BCUT2D eigenvalue weighted by atomic mass is 127. The van der Waals surface area contributed by atoms with Gasteiger partial charge in [0.2, 0.25) is 0 Å². The fraction of sp³-hybridized carbons (Fsp3) is 0.414. The highest BCUT2D eigenvalue weighted by Crippen LogP contribution is 2.39. The summed E-state index contributed by atoms with van der Waals surface area (Å²) in [5.41, 5.74) is 9.15. The molecule has 2 fully saturated rings. The highest BCUT2D eigenvalue weighted by Gasteiger charge is 2.38. The number of alkyl halides is 3. The summed E-state index contributed by atoms with van der Waals surface area (Å²) in [6, 6.07) is 50.7. The third kappa shape index (κ3) is 28.5. The third-order valence-corrected chi connectivity index (χ3v) is 27.8. The van der Waals surface area contributed by atoms with Crippen LogP contribution in [0.2, 0.25) is 5.02 Å². The number of carbonyl (C=O) groups is 5. The van der Waals surface area contributed by atoms with E-state index in [0.29, 0.717) is 115 Å². The van der Waals surface area contributed by atoms with Crippen LogP contribution in [0.4, 0.5) is 17.6 Å². The number of nitrogens with zero attached hydrogens (tertiary/aromatic N) is 20. The summed E-state index contributed by atoms with van der Waals surface area (Å²) in [6.45, 7) is 28.4. The normalized spacial score (nSPS) is 12.7. The van der Waals surface area contributed by atoms with Crippen LogP contribution in [0.1, 0.15) is 277 Å². The number of methoxy groups -OCH3 is 1. The van der Waals surface area contributed by atoms with Crippen LogP contribution in [-0.2, 0) is 58.5 Å². The van der Waals surface area contributed by atoms with Gasteiger partial charge in [-0.05, 0) is 267 Å². The molecule has 0 N–H and O–H groups in total. The van der Waals surface area contributed by atoms with Crippen molar-refractivity contribution >= 4 is 151 Å². The van der Waals surface area contributed by atoms with E-state index in [1.165, 1.54) is 17.7 Å². The Bertz CT molecular complexity index is 6870. The maximum absolute atomic E-state index is 14.8. The Hall–Kier alpha value is -12.0. The molecule has 5 aromatic carbocycles. The first-order valence-electron chi connectivity index (χ1n) is 50.5. The van der Waals surface area contributed by atoms with Crippen LogP contribution in [0, 0.1) is 21.2 Å². The lowest BCUT2D eigenvalue weighted by atomic mass is 10.1. The molecule has 10 aromatic heterocycles. The van der Waals surface area contributed by atoms with Crippen LogP contribution in [0.5, 0.6) is 5.75 Å². The van der Waals surface area contributed by atoms with Gasteiger partial charge in [0.25, 0.3) is 29.5 Å². The number of halogens is 8. The fourth-order valence-corrected chi connectivity index (χ4v) is 19.9. The minimum atomic E-state index is -4.88. The van der Waals surface area contributed by atoms with Crippen molar-refractivity contribution in [3.63, 3.8) is 0 Å². The molecule has 0 aliphatic heterocycles. The molecule has 2 saturated carbocycles. The number of fused-ring (bicyclic) bond motifs is 5. The zero-order valence-corrected chi connectivity index (χ0v) is 90.6. The molecule has 15 aromatic rings. The van der Waals surface area contributed by atoms with Crippen molar-refractivity contribution in [2.24, 2.45) is 11.8 Å². The van der Waals surface area contributed by atoms with Crippen molar-refractivity contribution in [3.05, 3.63) is 287 Å². The van der Waals surface area contributed by atoms with Crippen LogP contribution in [0.3, 0.4) is 0 Å². The Kier molecular flexibility index (Phi) is 40.6. The minimum absolute atomic E-state index is 0.0242. The van der Waals surface area contributed by atoms with E-state index in [-0.39, 0.29) is 48.7 Å². The predicted octanol–water partition coefficient (Wildman–Crippen LogP) is 26.5. The van der Waals surface area contributed by atoms with Gasteiger partial charge in [0, 0.05) is 125 Å². The number of ether oxygens (including phenoxy) is 1. The largest absolute Gasteiger partial charge is 0.495 e. The zero-order chi connectivity index (χ0) is 103. The van der Waals surface area contributed by atoms with Gasteiger partial charge in [-0.2, -0.15) is 13.2 Å². The van der Waals surface area contributed by atoms with Crippen molar-refractivity contribution in [3.8, 4) is 5.75 Å². The average Bonchev–Trinajstić information content (AvgIpc) is 1.60. The van der Waals surface area contributed by atoms with Gasteiger partial charge in [-0.15, -0.1) is 0 Å². The van der Waals surface area contributed by atoms with E-state index in [4.69, 9.17) is 41.3 Å². The second-order valence-corrected chi connectivity index (χ2v) is 40.7. The van der Waals surface area contributed by atoms with Crippen LogP contribution >= 0.6 is 66.1 Å². The molecule has 0 atom stereocenters. The number of aryl methyl sites for hydroxylation is 3. The number of pyridine rings is 5. The molecule has 0 bridgehead atoms. The number of amides is 5. The van der Waals surface area contributed by atoms with Crippen molar-refractivity contribution in [2.45, 2.75) is 249 Å². The molecule has 10 heterocycles. The number of imidazole rings is 5. The minimum Gasteiger partial charge on any atom is -0.495 e. The summed E-state index contributed by atoms with van der Waals surface area (Å²) < 4.78 is 73.3. The molecule has 0 saturated heterocycles. The Morgan fingerprint density at radius 1 is 0.428 bits per heavy atom. The number of hydrogen-bond donors (Lipinski definition) is 0. The summed E-state index contributed by atoms with van der Waals surface area (Å²) >= 11 is 15.5. The van der Waals surface area contributed by atoms with Gasteiger partial charge in [-0.3, -0.25) is 24.0 Å². The van der Waals surface area contributed by atoms with Gasteiger partial charge < -0.3 is 52.1 Å². The summed E-state index contributed by atoms with van der Waals surface area (Å²) in [5.74, 6) is 3.24. The molecule has 2 aliphatic rings. The number of aromatic nitrogens is 15. The maximum atomic E-state index is 14.8. The second kappa shape index (κ2) is 53.4. The zero-order valence-electron chi connectivity index (χ0n) is 84.5. The molecule has 5 amide bonds. The molecule has 0 radical (unpaired) electrons. The Labute approximate surface area is 881 Å². The number of rotatable bonds is 37. The molecule has 766 valence electrons. The second-order valence-electron chi connectivity index (χ2n) is 37.3. The summed E-state index contributed by atoms with van der Waals surface area (Å²) in [4.78, 5) is 122. The molecule has 26 nitrogen and oxygen atoms in total. The Balaban J connectivity index is 0.000000152. The summed E-state index contributed by atoms with van der Waals surface area (Å²) in [7, 11) is 1.56. The molecule has 145 heavy (non-hydrogen) atoms. The maximum Gasteiger partial charge on any atom is 0.419 e. The van der Waals surface area contributed by atoms with Crippen LogP contribution < -0.4 is 4.74 Å². The van der Waals surface area contributed by atoms with Gasteiger partial charge >= 0.3 is 6.18 Å². The van der Waals surface area contributed by atoms with Crippen molar-refractivity contribution in [1.82, 2.24) is 97.2 Å². The van der Waals surface area contributed by atoms with E-state index in [2.05, 4.69) is 151 Å². The Morgan fingerprint density at radius 3 is 1.20 bits per heavy atom. The molecule has 17 rings (SSSR count). The highest BCUT2D eigenvalue weighted by molar-refractivity contribution is 14.1. The first kappa shape index (κ1) is 110. The lowest BCUT2D eigenvalue weighted by Crippen LogP contribution is -2.34. The number of carbonyl (C=O) groups excluding carboxylic acids is 5. The third-order valence-electron chi connectivity index (χ3n) is 25.7. The van der Waals surface area contributed by atoms with Crippen LogP contribution in [0.15, 0.2) is 210 Å². The SMILES string of the molecule is CC(C)CCN(Cc1nc2cccnc2n1C1CCCC1)C(=O)c1cccc(C(F)(F)F)c1F.CCCCN(Cc1nc2cccnc2n1C1CCCC1)C(=O)c1cccc(Br)c1.CCCCN(Cc1nc2cccnc2n1CCC)C(=O)c1ccc(OC)c(Cl)c1.CCCn1c(CN(CC)C(=O)c2cccc(I)c2)nc2cccnc21.CCCn1c(CN(CCC(C)C)C(=O)c2ccccc2Br)nc2cccnc21. The lowest BCUT2D eigenvalue weighted by Gasteiger charge is -2.25. The molecule has 0 spiro atoms. The first-order chi connectivity index (χ1) is 70.1. The van der Waals surface area contributed by atoms with E-state index < -0.39 is 29.0 Å². The topological polar surface area (TPSA) is 264 Å². The van der Waals surface area contributed by atoms with Crippen molar-refractivity contribution in [2.75, 3.05) is 39.8 Å². The van der Waals surface area contributed by atoms with Crippen LogP contribution in [0.25, 0.3) is 55.8 Å². The molecular formula is C111H130Br2ClF4IN20O6. The monoisotopic (exact) mass is 2230 g/mol. The van der Waals surface area contributed by atoms with Gasteiger partial charge in [0.1, 0.15) is 68.3 Å². The van der Waals surface area contributed by atoms with Gasteiger partial charge in [-0.25, -0.2) is 54.2 Å². The number of hydrogen-bond acceptors (Lipinski definition) is 16. The quantitative estimate of drug-likeness (QED) is 0.0259. The first-order valence-corrected chi connectivity index (χ1v) is 53.6. The molecule has 2 aliphatic carbocycles. The van der Waals surface area contributed by atoms with Crippen molar-refractivity contribution in [1.29, 1.82) is 0 Å². The molecule has 34 heteroatoms. The number of benzene rings is 5. The van der Waals surface area contributed by atoms with E-state index in [1.54, 1.807) is 56.2 Å². The summed E-state index contributed by atoms with van der Waals surface area (Å²) in [6.07, 6.45) is 21.4. The standard InChI is InChI=1S/C25H28F4N4O.C23H27BrN4O.C22H27BrN4O.C22H27ClN4O2.C19H21IN4O/c1-16(2)12-14-32(24(34)18-9-5-10-19(22(18)26)25(27,28)29)15-21-31-20-11-6-13-30-23(20)33(21)17-7-3-4-8-17;1-2-3-14-27(23(29)17-8-6-9-18(24)15-17)16-21-26-20-12-7-13-25-22(20)28(21)19-10-4-5-11-19;1-4-13-27-20(25-19-10-7-12-24-21(19)27)15-26(14-11-16(2)3)22(28)17-8-5-6-9-18(17)23;1-4-6-13-26(22(28)16-9-10-19(29-3)17(23)14-16)15-20-25-18-8-7-11-24-21(18)27(20)12-5-2;1-3-11-24-17(22-16-9-6-10-21-18(16)24)13-23(4-2)19(25)14-7-5-8-15(20)12-14/h5-6,9-11,13,16-17H,3-4,7-8,12,14-15H2,1-2H3;6-9,12-13,15,19H,2-5,10-11,14,16H2,1H3;5-10,12,16H,4,11,13-15H2,1-3H3;7-11,14H,4-6,12-13,15H2,1-3H3;5-10,12H,3-4,11,13H2,1-2H3. The van der Waals surface area contributed by atoms with E-state index in [9.17, 15) is 41.5 Å². The summed E-state index contributed by atoms with van der Waals surface area (Å²) in [5, 5.41) is 0.427. The average molecular weight is 2240 g/mol.